The van der Waals surface area contributed by atoms with E-state index in [1.165, 1.54) is 7.17 Å². The second-order valence-electron chi connectivity index (χ2n) is 2.90. The normalized spacial score (nSPS) is 44.5. The molecule has 3 nitrogen and oxygen atoms in total. The second-order valence-corrected chi connectivity index (χ2v) is 2.90. The second kappa shape index (κ2) is 2.99. The van der Waals surface area contributed by atoms with Crippen molar-refractivity contribution < 1.29 is 15.0 Å². The molecule has 1 saturated carbocycles. The van der Waals surface area contributed by atoms with Crippen LogP contribution in [-0.2, 0) is 4.79 Å². The minimum atomic E-state index is -1.12. The summed E-state index contributed by atoms with van der Waals surface area (Å²) in [4.78, 5) is 11.0. The highest BCUT2D eigenvalue weighted by atomic mass is 16.3. The van der Waals surface area contributed by atoms with Gasteiger partial charge in [-0.25, -0.2) is 0 Å². The van der Waals surface area contributed by atoms with E-state index in [1.54, 1.807) is 6.92 Å². The molecule has 57 valence electrons. The maximum Gasteiger partial charge on any atom is 0.166 e. The van der Waals surface area contributed by atoms with E-state index >= 15 is 0 Å². The van der Waals surface area contributed by atoms with Gasteiger partial charge in [-0.2, -0.15) is 0 Å². The average molecular weight is 151 g/mol. The maximum atomic E-state index is 11.0. The van der Waals surface area contributed by atoms with Crippen molar-refractivity contribution in [2.75, 3.05) is 0 Å². The standard InChI is InChI=1S/C6H9B2O3/c1-2-4(9)3(8-7)6(11)5(2)10/h2-4,6,9,11H,1H3. The zero-order chi connectivity index (χ0) is 8.59. The summed E-state index contributed by atoms with van der Waals surface area (Å²) >= 11 is 0. The molecule has 1 aliphatic carbocycles. The molecule has 0 aromatic carbocycles. The summed E-state index contributed by atoms with van der Waals surface area (Å²) in [5, 5.41) is 18.5. The van der Waals surface area contributed by atoms with Crippen molar-refractivity contribution in [2.24, 2.45) is 5.92 Å². The van der Waals surface area contributed by atoms with Crippen LogP contribution in [0.4, 0.5) is 0 Å². The summed E-state index contributed by atoms with van der Waals surface area (Å²) in [5.74, 6) is -1.43. The van der Waals surface area contributed by atoms with Crippen LogP contribution in [0, 0.1) is 5.92 Å². The van der Waals surface area contributed by atoms with Crippen LogP contribution in [0.15, 0.2) is 0 Å². The molecule has 0 bridgehead atoms. The van der Waals surface area contributed by atoms with Gasteiger partial charge in [-0.1, -0.05) is 6.92 Å². The number of carbonyl (C=O) groups excluding carboxylic acids is 1. The largest absolute Gasteiger partial charge is 0.393 e. The van der Waals surface area contributed by atoms with Gasteiger partial charge in [-0.15, -0.1) is 0 Å². The molecule has 0 heterocycles. The fraction of sp³-hybridized carbons (Fsp3) is 0.833. The Balaban J connectivity index is 2.77. The van der Waals surface area contributed by atoms with E-state index in [9.17, 15) is 15.0 Å². The van der Waals surface area contributed by atoms with Gasteiger partial charge >= 0.3 is 0 Å². The van der Waals surface area contributed by atoms with E-state index in [1.807, 2.05) is 0 Å². The van der Waals surface area contributed by atoms with Crippen LogP contribution < -0.4 is 0 Å². The number of aliphatic hydroxyl groups is 2. The molecule has 0 amide bonds. The van der Waals surface area contributed by atoms with Crippen molar-refractivity contribution in [1.82, 2.24) is 0 Å². The Labute approximate surface area is 67.4 Å². The number of Topliss-reactive ketones (excluding diaryl/α,β-unsaturated/α-hetero) is 1. The van der Waals surface area contributed by atoms with E-state index in [0.717, 1.165) is 0 Å². The molecule has 2 N–H and O–H groups in total. The Morgan fingerprint density at radius 1 is 1.55 bits per heavy atom. The smallest absolute Gasteiger partial charge is 0.166 e. The highest BCUT2D eigenvalue weighted by molar-refractivity contribution is 6.90. The monoisotopic (exact) mass is 151 g/mol. The molecule has 0 spiro atoms. The van der Waals surface area contributed by atoms with Crippen LogP contribution in [0.5, 0.6) is 0 Å². The Morgan fingerprint density at radius 2 is 2.09 bits per heavy atom. The molecule has 0 saturated heterocycles. The van der Waals surface area contributed by atoms with Gasteiger partial charge in [0, 0.05) is 13.7 Å². The highest BCUT2D eigenvalue weighted by Gasteiger charge is 2.44. The van der Waals surface area contributed by atoms with Crippen molar-refractivity contribution >= 4 is 20.7 Å². The minimum Gasteiger partial charge on any atom is -0.393 e. The predicted octanol–water partition coefficient (Wildman–Crippen LogP) is -1.50. The first-order chi connectivity index (χ1) is 5.09. The number of carbonyl (C=O) groups is 1. The van der Waals surface area contributed by atoms with Crippen molar-refractivity contribution in [3.05, 3.63) is 0 Å². The van der Waals surface area contributed by atoms with Gasteiger partial charge in [0.25, 0.3) is 0 Å². The first kappa shape index (κ1) is 8.81. The van der Waals surface area contributed by atoms with Gasteiger partial charge in [-0.3, -0.25) is 4.79 Å². The van der Waals surface area contributed by atoms with Crippen molar-refractivity contribution in [2.45, 2.75) is 24.9 Å². The average Bonchev–Trinajstić information content (AvgIpc) is 2.17. The lowest BCUT2D eigenvalue weighted by molar-refractivity contribution is -0.127. The van der Waals surface area contributed by atoms with Gasteiger partial charge in [0.15, 0.2) is 5.78 Å². The minimum absolute atomic E-state index is 0.329. The van der Waals surface area contributed by atoms with Gasteiger partial charge < -0.3 is 10.2 Å². The summed E-state index contributed by atoms with van der Waals surface area (Å²) in [5.41, 5.74) is 0. The third-order valence-electron chi connectivity index (χ3n) is 2.23. The summed E-state index contributed by atoms with van der Waals surface area (Å²) in [7, 11) is 6.32. The van der Waals surface area contributed by atoms with E-state index in [-0.39, 0.29) is 5.78 Å². The first-order valence-corrected chi connectivity index (χ1v) is 3.54. The van der Waals surface area contributed by atoms with Crippen LogP contribution >= 0.6 is 0 Å². The zero-order valence-electron chi connectivity index (χ0n) is 6.27. The molecule has 4 unspecified atom stereocenters. The third-order valence-corrected chi connectivity index (χ3v) is 2.23. The number of ketones is 1. The van der Waals surface area contributed by atoms with Crippen LogP contribution in [-0.4, -0.2) is 43.1 Å². The van der Waals surface area contributed by atoms with E-state index in [0.29, 0.717) is 0 Å². The summed E-state index contributed by atoms with van der Waals surface area (Å²) in [6.07, 6.45) is -1.95. The number of aliphatic hydroxyl groups excluding tert-OH is 2. The summed E-state index contributed by atoms with van der Waals surface area (Å²) in [6.45, 7) is 1.58. The van der Waals surface area contributed by atoms with Gasteiger partial charge in [-0.05, 0) is 5.82 Å². The predicted molar refractivity (Wildman–Crippen MR) is 41.4 cm³/mol. The lowest BCUT2D eigenvalue weighted by Crippen LogP contribution is -2.25. The van der Waals surface area contributed by atoms with E-state index in [2.05, 4.69) is 0 Å². The van der Waals surface area contributed by atoms with Crippen molar-refractivity contribution in [3.63, 3.8) is 0 Å². The molecular weight excluding hydrogens is 142 g/mol. The molecule has 11 heavy (non-hydrogen) atoms. The van der Waals surface area contributed by atoms with Crippen LogP contribution in [0.1, 0.15) is 6.92 Å². The van der Waals surface area contributed by atoms with Crippen molar-refractivity contribution in [3.8, 4) is 0 Å². The number of hydrogen-bond acceptors (Lipinski definition) is 3. The Hall–Kier alpha value is -0.280. The zero-order valence-corrected chi connectivity index (χ0v) is 6.27. The van der Waals surface area contributed by atoms with Gasteiger partial charge in [0.2, 0.25) is 0 Å². The summed E-state index contributed by atoms with van der Waals surface area (Å²) < 4.78 is 0. The third kappa shape index (κ3) is 1.23. The number of rotatable bonds is 1. The Morgan fingerprint density at radius 3 is 2.27 bits per heavy atom. The maximum absolute atomic E-state index is 11.0. The molecule has 1 aliphatic rings. The van der Waals surface area contributed by atoms with Gasteiger partial charge in [0.1, 0.15) is 6.10 Å². The Bertz CT molecular complexity index is 173. The van der Waals surface area contributed by atoms with Crippen molar-refractivity contribution in [1.29, 1.82) is 0 Å². The van der Waals surface area contributed by atoms with Crippen LogP contribution in [0.25, 0.3) is 0 Å². The van der Waals surface area contributed by atoms with Crippen LogP contribution in [0.3, 0.4) is 0 Å². The van der Waals surface area contributed by atoms with E-state index < -0.39 is 23.9 Å². The molecule has 3 radical (unpaired) electrons. The topological polar surface area (TPSA) is 57.5 Å². The molecule has 0 aliphatic heterocycles. The molecule has 0 aromatic heterocycles. The van der Waals surface area contributed by atoms with Gasteiger partial charge in [0.05, 0.1) is 13.3 Å². The molecule has 0 aromatic rings. The molecule has 1 rings (SSSR count). The molecule has 5 heteroatoms. The Kier molecular flexibility index (Phi) is 2.40. The quantitative estimate of drug-likeness (QED) is 0.448. The molecule has 1 fully saturated rings. The SMILES string of the molecule is [B][B]C1C(O)C(=O)C(C)C1O. The fourth-order valence-corrected chi connectivity index (χ4v) is 1.37. The lowest BCUT2D eigenvalue weighted by Gasteiger charge is -2.14. The highest BCUT2D eigenvalue weighted by Crippen LogP contribution is 2.31. The van der Waals surface area contributed by atoms with Crippen LogP contribution in [0.2, 0.25) is 5.82 Å². The number of hydrogen-bond donors (Lipinski definition) is 2. The fourth-order valence-electron chi connectivity index (χ4n) is 1.37. The van der Waals surface area contributed by atoms with E-state index in [4.69, 9.17) is 7.74 Å². The first-order valence-electron chi connectivity index (χ1n) is 3.54. The summed E-state index contributed by atoms with van der Waals surface area (Å²) in [6, 6.07) is 0. The molecular formula is C6H9B2O3. The molecule has 4 atom stereocenters. The lowest BCUT2D eigenvalue weighted by atomic mass is 9.45.